The molecule has 0 saturated heterocycles. The minimum absolute atomic E-state index is 0.196. The summed E-state index contributed by atoms with van der Waals surface area (Å²) in [5.74, 6) is 1.54. The predicted molar refractivity (Wildman–Crippen MR) is 247 cm³/mol. The first-order valence-corrected chi connectivity index (χ1v) is 20.2. The molecule has 14 heteroatoms. The summed E-state index contributed by atoms with van der Waals surface area (Å²) >= 11 is 2.20. The Bertz CT molecular complexity index is 3310. The van der Waals surface area contributed by atoms with Crippen molar-refractivity contribution in [3.63, 3.8) is 0 Å². The Balaban J connectivity index is 0.000000134. The van der Waals surface area contributed by atoms with Crippen LogP contribution in [0.1, 0.15) is 34.0 Å². The van der Waals surface area contributed by atoms with Crippen molar-refractivity contribution in [1.82, 2.24) is 30.2 Å². The van der Waals surface area contributed by atoms with Crippen LogP contribution >= 0.6 is 22.6 Å². The highest BCUT2D eigenvalue weighted by atomic mass is 127. The van der Waals surface area contributed by atoms with Gasteiger partial charge in [-0.1, -0.05) is 88.7 Å². The smallest absolute Gasteiger partial charge is 0.423 e. The Hall–Kier alpha value is -6.49. The molecule has 10 rings (SSSR count). The number of imidazole rings is 2. The average Bonchev–Trinajstić information content (AvgIpc) is 3.98. The van der Waals surface area contributed by atoms with Crippen LogP contribution in [-0.2, 0) is 0 Å². The average molecular weight is 911 g/mol. The molecule has 4 heterocycles. The van der Waals surface area contributed by atoms with Gasteiger partial charge in [-0.2, -0.15) is 0 Å². The van der Waals surface area contributed by atoms with E-state index in [2.05, 4.69) is 90.1 Å². The Labute approximate surface area is 356 Å². The normalized spacial score (nSPS) is 11.2. The number of aromatic amines is 4. The van der Waals surface area contributed by atoms with Gasteiger partial charge in [-0.05, 0) is 138 Å². The lowest BCUT2D eigenvalue weighted by Gasteiger charge is -2.13. The molecule has 0 amide bonds. The minimum Gasteiger partial charge on any atom is -0.423 e. The van der Waals surface area contributed by atoms with Crippen LogP contribution < -0.4 is 16.8 Å². The molecular weight excluding hydrogens is 870 g/mol. The maximum Gasteiger partial charge on any atom is 0.489 e. The Kier molecular flexibility index (Phi) is 10.9. The zero-order valence-electron chi connectivity index (χ0n) is 33.6. The molecule has 0 aliphatic carbocycles. The minimum atomic E-state index is -1.40. The first-order chi connectivity index (χ1) is 28.8. The maximum absolute atomic E-state index is 12.1. The van der Waals surface area contributed by atoms with Crippen molar-refractivity contribution >= 4 is 78.8 Å². The summed E-state index contributed by atoms with van der Waals surface area (Å²) in [6, 6.07) is 32.2. The van der Waals surface area contributed by atoms with Gasteiger partial charge in [-0.15, -0.1) is 0 Å². The molecule has 0 radical (unpaired) electrons. The summed E-state index contributed by atoms with van der Waals surface area (Å²) in [6.45, 7) is 11.6. The van der Waals surface area contributed by atoms with Gasteiger partial charge in [0, 0.05) is 20.3 Å². The number of nitrogens with zero attached hydrogens (tertiary/aromatic N) is 2. The van der Waals surface area contributed by atoms with Crippen LogP contribution in [0.5, 0.6) is 0 Å². The number of aromatic nitrogens is 6. The Morgan fingerprint density at radius 3 is 1.63 bits per heavy atom. The van der Waals surface area contributed by atoms with Crippen LogP contribution in [0.4, 0.5) is 0 Å². The van der Waals surface area contributed by atoms with E-state index in [1.165, 1.54) is 0 Å². The van der Waals surface area contributed by atoms with E-state index in [0.717, 1.165) is 115 Å². The van der Waals surface area contributed by atoms with Gasteiger partial charge in [-0.25, -0.2) is 9.59 Å². The van der Waals surface area contributed by atoms with E-state index >= 15 is 0 Å². The summed E-state index contributed by atoms with van der Waals surface area (Å²) in [4.78, 5) is 34.9. The van der Waals surface area contributed by atoms with Gasteiger partial charge in [0.1, 0.15) is 11.5 Å². The van der Waals surface area contributed by atoms with E-state index in [1.54, 1.807) is 0 Å². The largest absolute Gasteiger partial charge is 0.489 e. The fourth-order valence-corrected chi connectivity index (χ4v) is 8.76. The summed E-state index contributed by atoms with van der Waals surface area (Å²) in [6.07, 6.45) is 0. The van der Waals surface area contributed by atoms with Crippen molar-refractivity contribution in [2.24, 2.45) is 0 Å². The molecule has 300 valence electrons. The number of hydrogen-bond acceptors (Lipinski definition) is 8. The lowest BCUT2D eigenvalue weighted by atomic mass is 9.74. The monoisotopic (exact) mass is 910 g/mol. The number of nitrogens with one attached hydrogen (secondary N) is 4. The number of aryl methyl sites for hydroxylation is 6. The van der Waals surface area contributed by atoms with E-state index in [0.29, 0.717) is 5.46 Å². The van der Waals surface area contributed by atoms with Gasteiger partial charge in [0.25, 0.3) is 0 Å². The number of hydrogen-bond donors (Lipinski definition) is 6. The zero-order valence-corrected chi connectivity index (χ0v) is 35.8. The van der Waals surface area contributed by atoms with Crippen LogP contribution in [0.15, 0.2) is 116 Å². The number of fused-ring (bicyclic) bond motifs is 4. The molecule has 0 unspecified atom stereocenters. The summed E-state index contributed by atoms with van der Waals surface area (Å²) in [5.41, 5.74) is 13.1. The maximum atomic E-state index is 12.1. The van der Waals surface area contributed by atoms with Gasteiger partial charge >= 0.3 is 18.5 Å². The standard InChI is InChI=1S/C23H19N3O2.C12H10IN3O2.C11H11BO2/c1-12-8-9-15-6-4-5-7-17(15)20(12)18-10-16(21-13(2)26-28-14(21)3)11-19-22(18)25-23(27)24-19;1-5-10(6(2)18-16-5)7-3-8(13)11-9(4-7)14-12(17)15-11;1-8-6-7-9-4-2-3-5-10(9)11(8)12(13)14/h4-11H,1-3H3,(H2,24,25,27);3-4H,1-2H3,(H2,14,15,17);2-7,13-14H,1H3. The molecule has 12 nitrogen and oxygen atoms in total. The molecule has 0 aliphatic heterocycles. The van der Waals surface area contributed by atoms with Crippen molar-refractivity contribution < 1.29 is 19.1 Å². The second kappa shape index (κ2) is 16.3. The molecule has 0 spiro atoms. The van der Waals surface area contributed by atoms with Gasteiger partial charge in [0.2, 0.25) is 0 Å². The second-order valence-electron chi connectivity index (χ2n) is 14.8. The topological polar surface area (TPSA) is 190 Å². The van der Waals surface area contributed by atoms with Crippen molar-refractivity contribution in [2.45, 2.75) is 41.5 Å². The summed E-state index contributed by atoms with van der Waals surface area (Å²) in [7, 11) is -1.40. The Morgan fingerprint density at radius 1 is 0.567 bits per heavy atom. The van der Waals surface area contributed by atoms with Crippen molar-refractivity contribution in [3.8, 4) is 33.4 Å². The molecular formula is C46H40BIN6O6. The molecule has 6 N–H and O–H groups in total. The molecule has 0 aliphatic rings. The Morgan fingerprint density at radius 2 is 1.07 bits per heavy atom. The van der Waals surface area contributed by atoms with Gasteiger partial charge in [-0.3, -0.25) is 0 Å². The first kappa shape index (κ1) is 40.3. The van der Waals surface area contributed by atoms with Gasteiger partial charge < -0.3 is 39.0 Å². The third-order valence-electron chi connectivity index (χ3n) is 10.7. The molecule has 0 fully saturated rings. The van der Waals surface area contributed by atoms with Crippen LogP contribution in [0, 0.1) is 45.1 Å². The third-order valence-corrected chi connectivity index (χ3v) is 11.6. The van der Waals surface area contributed by atoms with Crippen LogP contribution in [0.25, 0.3) is 77.0 Å². The highest BCUT2D eigenvalue weighted by molar-refractivity contribution is 14.1. The zero-order chi connectivity index (χ0) is 42.4. The van der Waals surface area contributed by atoms with Crippen molar-refractivity contribution in [2.75, 3.05) is 0 Å². The third kappa shape index (κ3) is 7.60. The van der Waals surface area contributed by atoms with Crippen molar-refractivity contribution in [1.29, 1.82) is 0 Å². The van der Waals surface area contributed by atoms with Crippen molar-refractivity contribution in [3.05, 3.63) is 156 Å². The second-order valence-corrected chi connectivity index (χ2v) is 15.9. The fourth-order valence-electron chi connectivity index (χ4n) is 8.00. The lowest BCUT2D eigenvalue weighted by Crippen LogP contribution is -2.32. The van der Waals surface area contributed by atoms with E-state index in [9.17, 15) is 19.6 Å². The molecule has 60 heavy (non-hydrogen) atoms. The first-order valence-electron chi connectivity index (χ1n) is 19.2. The number of benzene rings is 6. The molecule has 10 aromatic rings. The van der Waals surface area contributed by atoms with E-state index in [1.807, 2.05) is 101 Å². The number of rotatable bonds is 4. The lowest BCUT2D eigenvalue weighted by molar-refractivity contribution is 0.393. The van der Waals surface area contributed by atoms with Crippen LogP contribution in [-0.4, -0.2) is 47.4 Å². The summed E-state index contributed by atoms with van der Waals surface area (Å²) in [5, 5.41) is 30.8. The van der Waals surface area contributed by atoms with Gasteiger partial charge in [0.05, 0.1) is 33.5 Å². The quantitative estimate of drug-likeness (QED) is 0.0746. The molecule has 0 atom stereocenters. The molecule has 0 bridgehead atoms. The molecule has 4 aromatic heterocycles. The number of H-pyrrole nitrogens is 4. The van der Waals surface area contributed by atoms with E-state index < -0.39 is 7.12 Å². The SMILES string of the molecule is Cc1ccc2ccccc2c1-c1cc(-c2c(C)noc2C)cc2[nH]c(=O)[nH]c12.Cc1ccc2ccccc2c1B(O)O.Cc1noc(C)c1-c1cc(I)c2[nH]c(=O)[nH]c2c1. The van der Waals surface area contributed by atoms with Crippen LogP contribution in [0.2, 0.25) is 0 Å². The highest BCUT2D eigenvalue weighted by Gasteiger charge is 2.20. The predicted octanol–water partition coefficient (Wildman–Crippen LogP) is 8.82. The highest BCUT2D eigenvalue weighted by Crippen LogP contribution is 2.39. The molecule has 6 aromatic carbocycles. The van der Waals surface area contributed by atoms with Crippen LogP contribution in [0.3, 0.4) is 0 Å². The molecule has 0 saturated carbocycles. The van der Waals surface area contributed by atoms with E-state index in [-0.39, 0.29) is 11.4 Å². The van der Waals surface area contributed by atoms with Gasteiger partial charge in [0.15, 0.2) is 0 Å². The fraction of sp³-hybridized carbons (Fsp3) is 0.130. The summed E-state index contributed by atoms with van der Waals surface area (Å²) < 4.78 is 11.5. The van der Waals surface area contributed by atoms with E-state index in [4.69, 9.17) is 9.05 Å². The number of halogens is 1.